The van der Waals surface area contributed by atoms with Crippen molar-refractivity contribution in [1.29, 1.82) is 0 Å². The van der Waals surface area contributed by atoms with E-state index < -0.39 is 47.2 Å². The van der Waals surface area contributed by atoms with Gasteiger partial charge in [-0.1, -0.05) is 12.2 Å². The normalized spacial score (nSPS) is 26.8. The second kappa shape index (κ2) is 6.98. The predicted molar refractivity (Wildman–Crippen MR) is 89.8 cm³/mol. The molecule has 2 aliphatic rings. The Balaban J connectivity index is 1.68. The molecule has 1 aliphatic heterocycles. The Labute approximate surface area is 153 Å². The van der Waals surface area contributed by atoms with E-state index in [-0.39, 0.29) is 12.2 Å². The molecule has 1 heterocycles. The molecule has 3 atom stereocenters. The predicted octanol–water partition coefficient (Wildman–Crippen LogP) is 1.91. The van der Waals surface area contributed by atoms with Crippen molar-refractivity contribution in [2.75, 3.05) is 18.6 Å². The van der Waals surface area contributed by atoms with Crippen LogP contribution in [0.3, 0.4) is 0 Å². The van der Waals surface area contributed by atoms with E-state index in [1.165, 1.54) is 14.0 Å². The Morgan fingerprint density at radius 3 is 2.56 bits per heavy atom. The molecule has 3 rings (SSSR count). The van der Waals surface area contributed by atoms with Crippen molar-refractivity contribution in [3.63, 3.8) is 0 Å². The van der Waals surface area contributed by atoms with E-state index in [4.69, 9.17) is 4.74 Å². The fraction of sp³-hybridized carbons (Fsp3) is 0.389. The largest absolute Gasteiger partial charge is 0.469 e. The molecule has 1 aromatic rings. The zero-order chi connectivity index (χ0) is 19.8. The summed E-state index contributed by atoms with van der Waals surface area (Å²) in [5.74, 6) is -3.12. The van der Waals surface area contributed by atoms with E-state index >= 15 is 0 Å². The number of anilines is 1. The van der Waals surface area contributed by atoms with Crippen molar-refractivity contribution in [2.45, 2.75) is 25.0 Å². The van der Waals surface area contributed by atoms with Gasteiger partial charge in [0.25, 0.3) is 5.91 Å². The maximum absolute atomic E-state index is 13.4. The molecule has 1 N–H and O–H groups in total. The fourth-order valence-corrected chi connectivity index (χ4v) is 3.11. The number of rotatable bonds is 4. The van der Waals surface area contributed by atoms with Gasteiger partial charge < -0.3 is 14.8 Å². The number of carbonyl (C=O) groups is 3. The topological polar surface area (TPSA) is 84.9 Å². The highest BCUT2D eigenvalue weighted by Gasteiger charge is 2.48. The van der Waals surface area contributed by atoms with Crippen LogP contribution in [0.4, 0.5) is 19.3 Å². The van der Waals surface area contributed by atoms with Gasteiger partial charge in [0.15, 0.2) is 0 Å². The van der Waals surface area contributed by atoms with Crippen LogP contribution in [0.25, 0.3) is 0 Å². The van der Waals surface area contributed by atoms with Crippen molar-refractivity contribution in [2.24, 2.45) is 5.92 Å². The van der Waals surface area contributed by atoms with Gasteiger partial charge in [-0.05, 0) is 25.5 Å². The Morgan fingerprint density at radius 1 is 1.26 bits per heavy atom. The van der Waals surface area contributed by atoms with E-state index in [9.17, 15) is 23.2 Å². The summed E-state index contributed by atoms with van der Waals surface area (Å²) in [6, 6.07) is 2.22. The molecule has 2 amide bonds. The number of benzene rings is 1. The summed E-state index contributed by atoms with van der Waals surface area (Å²) >= 11 is 0. The minimum atomic E-state index is -1.54. The van der Waals surface area contributed by atoms with Crippen LogP contribution in [-0.2, 0) is 19.1 Å². The number of nitrogens with one attached hydrogen (secondary N) is 1. The maximum atomic E-state index is 13.4. The number of hydrogen-bond donors (Lipinski definition) is 1. The number of hydrogen-bond acceptors (Lipinski definition) is 5. The van der Waals surface area contributed by atoms with Gasteiger partial charge in [0.2, 0.25) is 5.60 Å². The van der Waals surface area contributed by atoms with Gasteiger partial charge in [-0.3, -0.25) is 14.5 Å². The minimum absolute atomic E-state index is 0.0412. The minimum Gasteiger partial charge on any atom is -0.469 e. The lowest BCUT2D eigenvalue weighted by atomic mass is 10.0. The number of esters is 1. The second-order valence-electron chi connectivity index (χ2n) is 6.64. The molecule has 1 unspecified atom stereocenters. The number of amides is 2. The Morgan fingerprint density at radius 2 is 1.93 bits per heavy atom. The first-order valence-electron chi connectivity index (χ1n) is 8.25. The smallest absolute Gasteiger partial charge is 0.415 e. The summed E-state index contributed by atoms with van der Waals surface area (Å²) in [7, 11) is 1.28. The first-order chi connectivity index (χ1) is 12.7. The van der Waals surface area contributed by atoms with Crippen LogP contribution in [-0.4, -0.2) is 43.3 Å². The molecule has 27 heavy (non-hydrogen) atoms. The lowest BCUT2D eigenvalue weighted by molar-refractivity contribution is -0.144. The molecule has 0 radical (unpaired) electrons. The fourth-order valence-electron chi connectivity index (χ4n) is 3.11. The first kappa shape index (κ1) is 18.8. The van der Waals surface area contributed by atoms with Gasteiger partial charge in [-0.2, -0.15) is 0 Å². The molecule has 1 saturated heterocycles. The quantitative estimate of drug-likeness (QED) is 0.637. The highest BCUT2D eigenvalue weighted by molar-refractivity contribution is 5.98. The molecule has 1 aromatic carbocycles. The van der Waals surface area contributed by atoms with Crippen LogP contribution in [0.2, 0.25) is 0 Å². The SMILES string of the molecule is COC(=O)[C@@H]1C=C[C@H](NC(=O)C2(C)CN(c3cc(F)cc(F)c3)C(=O)O2)C1. The summed E-state index contributed by atoms with van der Waals surface area (Å²) in [6.45, 7) is 1.20. The van der Waals surface area contributed by atoms with Gasteiger partial charge in [-0.15, -0.1) is 0 Å². The molecule has 1 fully saturated rings. The summed E-state index contributed by atoms with van der Waals surface area (Å²) in [4.78, 5) is 37.3. The summed E-state index contributed by atoms with van der Waals surface area (Å²) in [5.41, 5.74) is -1.59. The molecule has 144 valence electrons. The Hall–Kier alpha value is -2.97. The van der Waals surface area contributed by atoms with Crippen molar-refractivity contribution >= 4 is 23.7 Å². The van der Waals surface area contributed by atoms with Crippen LogP contribution in [0.5, 0.6) is 0 Å². The van der Waals surface area contributed by atoms with Crippen molar-refractivity contribution < 1.29 is 32.6 Å². The second-order valence-corrected chi connectivity index (χ2v) is 6.64. The van der Waals surface area contributed by atoms with Gasteiger partial charge in [-0.25, -0.2) is 13.6 Å². The number of carbonyl (C=O) groups excluding carboxylic acids is 3. The third kappa shape index (κ3) is 3.76. The Kier molecular flexibility index (Phi) is 4.86. The van der Waals surface area contributed by atoms with E-state index in [1.54, 1.807) is 12.2 Å². The summed E-state index contributed by atoms with van der Waals surface area (Å²) in [5, 5.41) is 2.70. The van der Waals surface area contributed by atoms with Crippen molar-refractivity contribution in [1.82, 2.24) is 5.32 Å². The third-order valence-electron chi connectivity index (χ3n) is 4.54. The Bertz CT molecular complexity index is 808. The molecule has 0 saturated carbocycles. The van der Waals surface area contributed by atoms with Gasteiger partial charge in [0.05, 0.1) is 25.3 Å². The van der Waals surface area contributed by atoms with Crippen molar-refractivity contribution in [3.8, 4) is 0 Å². The molecule has 0 spiro atoms. The molecular formula is C18H18F2N2O5. The molecule has 7 nitrogen and oxygen atoms in total. The monoisotopic (exact) mass is 380 g/mol. The number of ether oxygens (including phenoxy) is 2. The number of halogens is 2. The number of cyclic esters (lactones) is 1. The highest BCUT2D eigenvalue weighted by atomic mass is 19.1. The molecule has 1 aliphatic carbocycles. The molecular weight excluding hydrogens is 362 g/mol. The molecule has 0 aromatic heterocycles. The average Bonchev–Trinajstić information content (AvgIpc) is 3.18. The van der Waals surface area contributed by atoms with Gasteiger partial charge in [0, 0.05) is 12.1 Å². The zero-order valence-electron chi connectivity index (χ0n) is 14.7. The van der Waals surface area contributed by atoms with E-state index in [1.807, 2.05) is 0 Å². The highest BCUT2D eigenvalue weighted by Crippen LogP contribution is 2.30. The lowest BCUT2D eigenvalue weighted by Gasteiger charge is -2.23. The standard InChI is InChI=1S/C18H18F2N2O5/c1-18(16(24)21-13-4-3-10(5-13)15(23)26-2)9-22(17(25)27-18)14-7-11(19)6-12(20)8-14/h3-4,6-8,10,13H,5,9H2,1-2H3,(H,21,24)/t10-,13+,18?/m1/s1. The summed E-state index contributed by atoms with van der Waals surface area (Å²) in [6.07, 6.45) is 2.76. The number of methoxy groups -OCH3 is 1. The van der Waals surface area contributed by atoms with Gasteiger partial charge in [0.1, 0.15) is 11.6 Å². The maximum Gasteiger partial charge on any atom is 0.415 e. The number of nitrogens with zero attached hydrogens (tertiary/aromatic N) is 1. The zero-order valence-corrected chi connectivity index (χ0v) is 14.7. The van der Waals surface area contributed by atoms with E-state index in [0.717, 1.165) is 17.0 Å². The lowest BCUT2D eigenvalue weighted by Crippen LogP contribution is -2.50. The van der Waals surface area contributed by atoms with E-state index in [0.29, 0.717) is 12.5 Å². The first-order valence-corrected chi connectivity index (χ1v) is 8.25. The van der Waals surface area contributed by atoms with Crippen LogP contribution < -0.4 is 10.2 Å². The van der Waals surface area contributed by atoms with Crippen LogP contribution >= 0.6 is 0 Å². The van der Waals surface area contributed by atoms with Crippen LogP contribution in [0, 0.1) is 17.6 Å². The van der Waals surface area contributed by atoms with Crippen LogP contribution in [0.1, 0.15) is 13.3 Å². The average molecular weight is 380 g/mol. The van der Waals surface area contributed by atoms with E-state index in [2.05, 4.69) is 10.1 Å². The van der Waals surface area contributed by atoms with Gasteiger partial charge >= 0.3 is 12.1 Å². The molecule has 0 bridgehead atoms. The van der Waals surface area contributed by atoms with Crippen LogP contribution in [0.15, 0.2) is 30.4 Å². The third-order valence-corrected chi connectivity index (χ3v) is 4.54. The summed E-state index contributed by atoms with van der Waals surface area (Å²) < 4.78 is 36.7. The van der Waals surface area contributed by atoms with Crippen molar-refractivity contribution in [3.05, 3.63) is 42.0 Å². The molecule has 9 heteroatoms.